The quantitative estimate of drug-likeness (QED) is 0.608. The second-order valence-electron chi connectivity index (χ2n) is 5.68. The van der Waals surface area contributed by atoms with E-state index in [0.717, 1.165) is 31.6 Å². The first-order valence-electron chi connectivity index (χ1n) is 7.64. The van der Waals surface area contributed by atoms with E-state index in [2.05, 4.69) is 22.3 Å². The number of hydrogen-bond acceptors (Lipinski definition) is 2. The molecule has 108 valence electrons. The van der Waals surface area contributed by atoms with Crippen LogP contribution in [0.25, 0.3) is 0 Å². The molecule has 3 nitrogen and oxygen atoms in total. The van der Waals surface area contributed by atoms with Crippen LogP contribution in [0.3, 0.4) is 0 Å². The van der Waals surface area contributed by atoms with Crippen LogP contribution in [-0.4, -0.2) is 21.7 Å². The number of alkyl halides is 1. The first-order valence-corrected chi connectivity index (χ1v) is 8.08. The van der Waals surface area contributed by atoms with E-state index < -0.39 is 0 Å². The first-order chi connectivity index (χ1) is 9.25. The molecule has 1 N–H and O–H groups in total. The van der Waals surface area contributed by atoms with Crippen molar-refractivity contribution in [2.45, 2.75) is 69.8 Å². The molecule has 2 rings (SSSR count). The van der Waals surface area contributed by atoms with Gasteiger partial charge in [-0.05, 0) is 45.2 Å². The molecule has 1 aromatic heterocycles. The molecule has 1 aromatic rings. The van der Waals surface area contributed by atoms with Crippen molar-refractivity contribution in [2.75, 3.05) is 6.54 Å². The van der Waals surface area contributed by atoms with Crippen molar-refractivity contribution in [3.63, 3.8) is 0 Å². The highest BCUT2D eigenvalue weighted by atomic mass is 35.5. The van der Waals surface area contributed by atoms with Crippen molar-refractivity contribution in [3.05, 3.63) is 18.0 Å². The van der Waals surface area contributed by atoms with Gasteiger partial charge in [-0.25, -0.2) is 0 Å². The van der Waals surface area contributed by atoms with Gasteiger partial charge in [0.15, 0.2) is 0 Å². The summed E-state index contributed by atoms with van der Waals surface area (Å²) in [6.07, 6.45) is 11.0. The number of aromatic nitrogens is 2. The summed E-state index contributed by atoms with van der Waals surface area (Å²) in [5, 5.41) is 8.42. The fourth-order valence-electron chi connectivity index (χ4n) is 2.75. The van der Waals surface area contributed by atoms with Crippen LogP contribution in [0.1, 0.15) is 63.6 Å². The Morgan fingerprint density at radius 2 is 2.21 bits per heavy atom. The largest absolute Gasteiger partial charge is 0.311 e. The lowest BCUT2D eigenvalue weighted by Crippen LogP contribution is -2.17. The summed E-state index contributed by atoms with van der Waals surface area (Å²) >= 11 is 5.92. The minimum Gasteiger partial charge on any atom is -0.311 e. The maximum atomic E-state index is 5.92. The first kappa shape index (κ1) is 14.9. The lowest BCUT2D eigenvalue weighted by molar-refractivity contribution is 0.327. The average molecular weight is 284 g/mol. The molecular weight excluding hydrogens is 258 g/mol. The van der Waals surface area contributed by atoms with Crippen molar-refractivity contribution in [1.82, 2.24) is 15.1 Å². The predicted octanol–water partition coefficient (Wildman–Crippen LogP) is 3.89. The van der Waals surface area contributed by atoms with E-state index in [0.29, 0.717) is 6.04 Å². The van der Waals surface area contributed by atoms with Gasteiger partial charge in [0.05, 0.1) is 11.7 Å². The number of halogens is 1. The van der Waals surface area contributed by atoms with E-state index in [-0.39, 0.29) is 5.38 Å². The van der Waals surface area contributed by atoms with Gasteiger partial charge < -0.3 is 5.32 Å². The summed E-state index contributed by atoms with van der Waals surface area (Å²) in [7, 11) is 0. The Labute approximate surface area is 121 Å². The van der Waals surface area contributed by atoms with Crippen molar-refractivity contribution in [2.24, 2.45) is 0 Å². The fraction of sp³-hybridized carbons (Fsp3) is 0.800. The minimum absolute atomic E-state index is 0.285. The zero-order valence-corrected chi connectivity index (χ0v) is 12.7. The molecule has 1 aliphatic carbocycles. The summed E-state index contributed by atoms with van der Waals surface area (Å²) < 4.78 is 2.18. The Morgan fingerprint density at radius 3 is 2.95 bits per heavy atom. The van der Waals surface area contributed by atoms with Crippen LogP contribution in [0.5, 0.6) is 0 Å². The maximum absolute atomic E-state index is 5.92. The van der Waals surface area contributed by atoms with Crippen LogP contribution < -0.4 is 5.32 Å². The molecule has 0 aromatic carbocycles. The highest BCUT2D eigenvalue weighted by Crippen LogP contribution is 2.27. The van der Waals surface area contributed by atoms with E-state index in [1.807, 2.05) is 6.92 Å². The molecule has 1 unspecified atom stereocenters. The van der Waals surface area contributed by atoms with Gasteiger partial charge in [0.1, 0.15) is 0 Å². The summed E-state index contributed by atoms with van der Waals surface area (Å²) in [5.74, 6) is 0. The molecule has 0 amide bonds. The Bertz CT molecular complexity index is 356. The van der Waals surface area contributed by atoms with Crippen LogP contribution in [0.2, 0.25) is 0 Å². The molecule has 0 spiro atoms. The molecule has 0 aliphatic heterocycles. The third kappa shape index (κ3) is 5.15. The molecule has 0 bridgehead atoms. The van der Waals surface area contributed by atoms with E-state index in [1.165, 1.54) is 32.1 Å². The lowest BCUT2D eigenvalue weighted by Gasteiger charge is -2.21. The van der Waals surface area contributed by atoms with Gasteiger partial charge in [0, 0.05) is 18.1 Å². The highest BCUT2D eigenvalue weighted by Gasteiger charge is 2.15. The Morgan fingerprint density at radius 1 is 1.42 bits per heavy atom. The highest BCUT2D eigenvalue weighted by molar-refractivity contribution is 6.20. The Balaban J connectivity index is 1.68. The average Bonchev–Trinajstić information content (AvgIpc) is 2.88. The number of nitrogens with one attached hydrogen (secondary N) is 1. The van der Waals surface area contributed by atoms with E-state index in [9.17, 15) is 0 Å². The zero-order chi connectivity index (χ0) is 13.5. The van der Waals surface area contributed by atoms with Gasteiger partial charge in [-0.2, -0.15) is 5.10 Å². The van der Waals surface area contributed by atoms with Crippen molar-refractivity contribution in [3.8, 4) is 0 Å². The van der Waals surface area contributed by atoms with E-state index in [1.54, 1.807) is 0 Å². The summed E-state index contributed by atoms with van der Waals surface area (Å²) in [6.45, 7) is 3.94. The predicted molar refractivity (Wildman–Crippen MR) is 80.6 cm³/mol. The van der Waals surface area contributed by atoms with Crippen LogP contribution in [0, 0.1) is 0 Å². The van der Waals surface area contributed by atoms with Gasteiger partial charge in [-0.1, -0.05) is 19.3 Å². The van der Waals surface area contributed by atoms with Crippen LogP contribution in [0.4, 0.5) is 0 Å². The van der Waals surface area contributed by atoms with Crippen LogP contribution in [-0.2, 0) is 6.54 Å². The molecule has 0 radical (unpaired) electrons. The van der Waals surface area contributed by atoms with Gasteiger partial charge in [-0.3, -0.25) is 4.68 Å². The van der Waals surface area contributed by atoms with Crippen molar-refractivity contribution < 1.29 is 0 Å². The summed E-state index contributed by atoms with van der Waals surface area (Å²) in [6, 6.07) is 2.78. The second kappa shape index (κ2) is 7.91. The van der Waals surface area contributed by atoms with Crippen molar-refractivity contribution in [1.29, 1.82) is 0 Å². The lowest BCUT2D eigenvalue weighted by atomic mass is 9.96. The molecule has 0 saturated heterocycles. The molecule has 1 saturated carbocycles. The molecule has 1 atom stereocenters. The Hall–Kier alpha value is -0.540. The summed E-state index contributed by atoms with van der Waals surface area (Å²) in [5.41, 5.74) is 1.16. The monoisotopic (exact) mass is 283 g/mol. The normalized spacial score (nSPS) is 18.6. The SMILES string of the molecule is CC(Cl)CCCNCc1ccn(C2CCCCC2)n1. The van der Waals surface area contributed by atoms with Gasteiger partial charge >= 0.3 is 0 Å². The van der Waals surface area contributed by atoms with Crippen molar-refractivity contribution >= 4 is 11.6 Å². The third-order valence-corrected chi connectivity index (χ3v) is 4.09. The van der Waals surface area contributed by atoms with Gasteiger partial charge in [0.25, 0.3) is 0 Å². The molecule has 1 fully saturated rings. The smallest absolute Gasteiger partial charge is 0.0762 e. The van der Waals surface area contributed by atoms with Gasteiger partial charge in [-0.15, -0.1) is 11.6 Å². The molecular formula is C15H26ClN3. The van der Waals surface area contributed by atoms with Crippen LogP contribution in [0.15, 0.2) is 12.3 Å². The molecule has 4 heteroatoms. The molecule has 19 heavy (non-hydrogen) atoms. The fourth-order valence-corrected chi connectivity index (χ4v) is 2.90. The molecule has 1 aliphatic rings. The standard InChI is InChI=1S/C15H26ClN3/c1-13(16)6-5-10-17-12-14-9-11-19(18-14)15-7-3-2-4-8-15/h9,11,13,15,17H,2-8,10,12H2,1H3. The van der Waals surface area contributed by atoms with Crippen LogP contribution >= 0.6 is 11.6 Å². The van der Waals surface area contributed by atoms with E-state index >= 15 is 0 Å². The number of nitrogens with zero attached hydrogens (tertiary/aromatic N) is 2. The second-order valence-corrected chi connectivity index (χ2v) is 6.42. The zero-order valence-electron chi connectivity index (χ0n) is 11.9. The topological polar surface area (TPSA) is 29.9 Å². The Kier molecular flexibility index (Phi) is 6.18. The maximum Gasteiger partial charge on any atom is 0.0762 e. The molecule has 1 heterocycles. The van der Waals surface area contributed by atoms with E-state index in [4.69, 9.17) is 16.7 Å². The van der Waals surface area contributed by atoms with Gasteiger partial charge in [0.2, 0.25) is 0 Å². The summed E-state index contributed by atoms with van der Waals surface area (Å²) in [4.78, 5) is 0. The third-order valence-electron chi connectivity index (χ3n) is 3.87. The number of hydrogen-bond donors (Lipinski definition) is 1. The number of rotatable bonds is 7. The minimum atomic E-state index is 0.285.